The number of hydrogen-bond acceptors (Lipinski definition) is 9. The van der Waals surface area contributed by atoms with Gasteiger partial charge >= 0.3 is 5.97 Å². The van der Waals surface area contributed by atoms with Gasteiger partial charge in [0.15, 0.2) is 5.78 Å². The van der Waals surface area contributed by atoms with Crippen molar-refractivity contribution in [3.63, 3.8) is 0 Å². The van der Waals surface area contributed by atoms with E-state index < -0.39 is 56.0 Å². The van der Waals surface area contributed by atoms with Gasteiger partial charge in [0.1, 0.15) is 6.10 Å². The summed E-state index contributed by atoms with van der Waals surface area (Å²) in [7, 11) is -3.84. The van der Waals surface area contributed by atoms with Crippen molar-refractivity contribution in [3.8, 4) is 5.88 Å². The minimum absolute atomic E-state index is 0.0719. The molecule has 4 bridgehead atoms. The van der Waals surface area contributed by atoms with Crippen LogP contribution in [0.5, 0.6) is 5.88 Å². The third kappa shape index (κ3) is 8.32. The molecule has 6 rings (SSSR count). The van der Waals surface area contributed by atoms with Gasteiger partial charge in [0.25, 0.3) is 0 Å². The monoisotopic (exact) mass is 749 g/mol. The number of aromatic nitrogens is 1. The van der Waals surface area contributed by atoms with Crippen LogP contribution in [0.15, 0.2) is 37.1 Å². The molecule has 2 aliphatic heterocycles. The van der Waals surface area contributed by atoms with E-state index in [2.05, 4.69) is 50.3 Å². The third-order valence-corrected chi connectivity index (χ3v) is 13.6. The summed E-state index contributed by atoms with van der Waals surface area (Å²) < 4.78 is 40.2. The normalized spacial score (nSPS) is 28.1. The largest absolute Gasteiger partial charge is 0.472 e. The predicted molar refractivity (Wildman–Crippen MR) is 201 cm³/mol. The van der Waals surface area contributed by atoms with Gasteiger partial charge in [-0.25, -0.2) is 13.4 Å². The fourth-order valence-corrected chi connectivity index (χ4v) is 9.45. The van der Waals surface area contributed by atoms with Crippen LogP contribution in [0.1, 0.15) is 104 Å². The zero-order valence-corrected chi connectivity index (χ0v) is 32.9. The van der Waals surface area contributed by atoms with E-state index in [0.717, 1.165) is 47.6 Å². The summed E-state index contributed by atoms with van der Waals surface area (Å²) in [5.41, 5.74) is -0.00134. The molecule has 0 spiro atoms. The van der Waals surface area contributed by atoms with Crippen molar-refractivity contribution in [2.45, 2.75) is 123 Å². The third-order valence-electron chi connectivity index (χ3n) is 11.8. The van der Waals surface area contributed by atoms with E-state index in [-0.39, 0.29) is 61.9 Å². The van der Waals surface area contributed by atoms with Crippen LogP contribution < -0.4 is 9.46 Å². The molecule has 0 radical (unpaired) electrons. The fraction of sp³-hybridized carbons (Fsp3) is 0.634. The maximum absolute atomic E-state index is 14.7. The lowest BCUT2D eigenvalue weighted by Gasteiger charge is -2.35. The zero-order valence-electron chi connectivity index (χ0n) is 32.0. The average molecular weight is 750 g/mol. The molecule has 2 saturated carbocycles. The Labute approximate surface area is 313 Å². The van der Waals surface area contributed by atoms with E-state index in [1.54, 1.807) is 6.08 Å². The maximum Gasteiger partial charge on any atom is 0.306 e. The van der Waals surface area contributed by atoms with Crippen molar-refractivity contribution >= 4 is 44.4 Å². The molecule has 5 atom stereocenters. The molecule has 1 aromatic carbocycles. The van der Waals surface area contributed by atoms with Gasteiger partial charge in [-0.1, -0.05) is 59.8 Å². The van der Waals surface area contributed by atoms with Gasteiger partial charge in [-0.05, 0) is 84.3 Å². The second-order valence-electron chi connectivity index (χ2n) is 17.6. The number of aryl methyl sites for hydroxylation is 2. The van der Waals surface area contributed by atoms with Gasteiger partial charge in [-0.15, -0.1) is 6.58 Å². The number of amides is 2. The molecule has 1 aromatic heterocycles. The summed E-state index contributed by atoms with van der Waals surface area (Å²) in [5.74, 6) is -2.68. The number of esters is 1. The Hall–Kier alpha value is -3.80. The van der Waals surface area contributed by atoms with Crippen molar-refractivity contribution in [2.75, 3.05) is 13.2 Å². The van der Waals surface area contributed by atoms with E-state index in [1.807, 2.05) is 27.0 Å². The van der Waals surface area contributed by atoms with Crippen molar-refractivity contribution in [2.24, 2.45) is 28.1 Å². The fourth-order valence-electron chi connectivity index (χ4n) is 8.06. The number of carbonyl (C=O) groups excluding carboxylic acids is 4. The number of fused-ring (bicyclic) bond motifs is 3. The van der Waals surface area contributed by atoms with Gasteiger partial charge < -0.3 is 14.4 Å². The van der Waals surface area contributed by atoms with Gasteiger partial charge in [-0.2, -0.15) is 0 Å². The molecule has 1 saturated heterocycles. The quantitative estimate of drug-likeness (QED) is 0.259. The standard InChI is InChI=1S/C41H55N3O8S/c1-8-26-22-42-36-31-17-25(12-15-30(26)31)11-10-16-40(6,7)24-51-35(46)19-32(39(3,4)5)37(47)44-23-28(52-36)18-33(44)34(45)21-41(20-27(41)9-2)38(48)43-53(49,50)29-13-14-29/h9,12,15,17,22,27-29,32-33H,2,8,10-11,13-14,16,18-21,23-24H2,1,3-7H3,(H,43,48)/t27-,28-,32-,33+,41-/m1/s1. The SMILES string of the molecule is C=C[C@@H]1C[C@]1(CC(=O)[C@@H]1C[C@@H]2CN1C(=O)[C@H](C(C)(C)C)CC(=O)OCC(C)(C)CCCc1ccc3c(CC)cnc(c3c1)O2)C(=O)NS(=O)(=O)C1CC1. The Morgan fingerprint density at radius 1 is 1.15 bits per heavy atom. The summed E-state index contributed by atoms with van der Waals surface area (Å²) in [6.07, 6.45) is 7.11. The number of hydrogen-bond donors (Lipinski definition) is 1. The summed E-state index contributed by atoms with van der Waals surface area (Å²) >= 11 is 0. The molecule has 0 unspecified atom stereocenters. The molecule has 3 heterocycles. The molecule has 11 nitrogen and oxygen atoms in total. The van der Waals surface area contributed by atoms with Gasteiger partial charge in [0.2, 0.25) is 27.7 Å². The van der Waals surface area contributed by atoms with E-state index in [4.69, 9.17) is 14.5 Å². The number of nitrogens with one attached hydrogen (secondary N) is 1. The lowest BCUT2D eigenvalue weighted by Crippen LogP contribution is -2.48. The molecule has 2 aromatic rings. The predicted octanol–water partition coefficient (Wildman–Crippen LogP) is 5.86. The van der Waals surface area contributed by atoms with Crippen molar-refractivity contribution in [1.82, 2.24) is 14.6 Å². The van der Waals surface area contributed by atoms with E-state index >= 15 is 0 Å². The number of ketones is 1. The number of pyridine rings is 1. The highest BCUT2D eigenvalue weighted by Crippen LogP contribution is 2.57. The summed E-state index contributed by atoms with van der Waals surface area (Å²) in [4.78, 5) is 62.3. The van der Waals surface area contributed by atoms with Crippen LogP contribution in [0.3, 0.4) is 0 Å². The second-order valence-corrected chi connectivity index (χ2v) is 19.6. The molecule has 53 heavy (non-hydrogen) atoms. The Kier molecular flexibility index (Phi) is 10.6. The number of benzene rings is 1. The smallest absolute Gasteiger partial charge is 0.306 e. The van der Waals surface area contributed by atoms with Crippen molar-refractivity contribution in [1.29, 1.82) is 0 Å². The lowest BCUT2D eigenvalue weighted by molar-refractivity contribution is -0.155. The highest BCUT2D eigenvalue weighted by atomic mass is 32.2. The van der Waals surface area contributed by atoms with Gasteiger partial charge in [0.05, 0.1) is 42.2 Å². The maximum atomic E-state index is 14.7. The first-order chi connectivity index (χ1) is 24.9. The van der Waals surface area contributed by atoms with Crippen LogP contribution in [0.2, 0.25) is 0 Å². The van der Waals surface area contributed by atoms with E-state index in [9.17, 15) is 27.6 Å². The molecular formula is C41H55N3O8S. The highest BCUT2D eigenvalue weighted by molar-refractivity contribution is 7.90. The zero-order chi connectivity index (χ0) is 38.5. The number of cyclic esters (lactones) is 1. The van der Waals surface area contributed by atoms with Gasteiger partial charge in [-0.3, -0.25) is 23.9 Å². The summed E-state index contributed by atoms with van der Waals surface area (Å²) in [6.45, 7) is 16.0. The number of rotatable bonds is 8. The molecule has 2 aliphatic carbocycles. The molecule has 1 N–H and O–H groups in total. The number of Topliss-reactive ketones (excluding diaryl/α,β-unsaturated/α-hetero) is 1. The van der Waals surface area contributed by atoms with Crippen molar-refractivity contribution < 1.29 is 37.1 Å². The molecule has 3 fully saturated rings. The van der Waals surface area contributed by atoms with E-state index in [0.29, 0.717) is 18.7 Å². The van der Waals surface area contributed by atoms with Crippen LogP contribution in [0.25, 0.3) is 10.8 Å². The number of carbonyl (C=O) groups is 4. The van der Waals surface area contributed by atoms with E-state index in [1.165, 1.54) is 4.90 Å². The Balaban J connectivity index is 1.36. The highest BCUT2D eigenvalue weighted by Gasteiger charge is 2.61. The minimum Gasteiger partial charge on any atom is -0.472 e. The van der Waals surface area contributed by atoms with Gasteiger partial charge in [0, 0.05) is 24.4 Å². The lowest BCUT2D eigenvalue weighted by atomic mass is 9.77. The molecule has 2 amide bonds. The first-order valence-corrected chi connectivity index (χ1v) is 20.7. The number of nitrogens with zero attached hydrogens (tertiary/aromatic N) is 2. The molecular weight excluding hydrogens is 695 g/mol. The topological polar surface area (TPSA) is 149 Å². The molecule has 4 aliphatic rings. The Bertz CT molecular complexity index is 1910. The Morgan fingerprint density at radius 3 is 2.53 bits per heavy atom. The van der Waals surface area contributed by atoms with Crippen LogP contribution in [-0.4, -0.2) is 72.4 Å². The van der Waals surface area contributed by atoms with Crippen LogP contribution in [-0.2, 0) is 46.8 Å². The number of ether oxygens (including phenoxy) is 2. The number of allylic oxidation sites excluding steroid dienone is 1. The minimum atomic E-state index is -3.84. The number of sulfonamides is 1. The first kappa shape index (κ1) is 38.9. The Morgan fingerprint density at radius 2 is 1.89 bits per heavy atom. The van der Waals surface area contributed by atoms with Crippen LogP contribution >= 0.6 is 0 Å². The van der Waals surface area contributed by atoms with Crippen LogP contribution in [0.4, 0.5) is 0 Å². The molecule has 288 valence electrons. The average Bonchev–Trinajstić information content (AvgIpc) is 4.02. The first-order valence-electron chi connectivity index (χ1n) is 19.1. The van der Waals surface area contributed by atoms with Crippen LogP contribution in [0, 0.1) is 28.1 Å². The summed E-state index contributed by atoms with van der Waals surface area (Å²) in [6, 6.07) is 5.38. The summed E-state index contributed by atoms with van der Waals surface area (Å²) in [5, 5.41) is 1.31. The van der Waals surface area contributed by atoms with Crippen molar-refractivity contribution in [3.05, 3.63) is 48.2 Å². The second kappa shape index (κ2) is 14.5. The molecule has 12 heteroatoms.